The second kappa shape index (κ2) is 7.85. The number of carbonyl (C=O) groups excluding carboxylic acids is 1. The van der Waals surface area contributed by atoms with Crippen molar-refractivity contribution in [1.29, 1.82) is 0 Å². The van der Waals surface area contributed by atoms with Crippen LogP contribution in [0.2, 0.25) is 0 Å². The van der Waals surface area contributed by atoms with Crippen LogP contribution in [0.5, 0.6) is 5.75 Å². The normalized spacial score (nSPS) is 16.9. The van der Waals surface area contributed by atoms with E-state index in [-0.39, 0.29) is 11.9 Å². The number of hydrogen-bond donors (Lipinski definition) is 0. The lowest BCUT2D eigenvalue weighted by Crippen LogP contribution is -2.47. The SMILES string of the molecule is COc1ccc(C2(C(=O)N(C)[C@@H](C)Cc3cnccn3)CCCC2)cc1. The van der Waals surface area contributed by atoms with Crippen molar-refractivity contribution in [3.05, 3.63) is 54.1 Å². The third-order valence-electron chi connectivity index (χ3n) is 5.61. The Morgan fingerprint density at radius 1 is 1.23 bits per heavy atom. The number of rotatable bonds is 6. The molecule has 0 radical (unpaired) electrons. The summed E-state index contributed by atoms with van der Waals surface area (Å²) in [6.07, 6.45) is 9.81. The molecule has 5 nitrogen and oxygen atoms in total. The predicted octanol–water partition coefficient (Wildman–Crippen LogP) is 3.39. The van der Waals surface area contributed by atoms with Gasteiger partial charge < -0.3 is 9.64 Å². The number of nitrogens with zero attached hydrogens (tertiary/aromatic N) is 3. The van der Waals surface area contributed by atoms with E-state index in [1.165, 1.54) is 0 Å². The highest BCUT2D eigenvalue weighted by Crippen LogP contribution is 2.43. The summed E-state index contributed by atoms with van der Waals surface area (Å²) in [5, 5.41) is 0. The van der Waals surface area contributed by atoms with Crippen molar-refractivity contribution in [1.82, 2.24) is 14.9 Å². The van der Waals surface area contributed by atoms with Gasteiger partial charge in [-0.15, -0.1) is 0 Å². The predicted molar refractivity (Wildman–Crippen MR) is 101 cm³/mol. The molecule has 1 saturated carbocycles. The Morgan fingerprint density at radius 3 is 2.50 bits per heavy atom. The average Bonchev–Trinajstić information content (AvgIpc) is 3.18. The molecule has 1 amide bonds. The van der Waals surface area contributed by atoms with E-state index in [2.05, 4.69) is 16.9 Å². The van der Waals surface area contributed by atoms with E-state index >= 15 is 0 Å². The number of likely N-dealkylation sites (N-methyl/N-ethyl adjacent to an activating group) is 1. The number of benzene rings is 1. The highest BCUT2D eigenvalue weighted by molar-refractivity contribution is 5.88. The minimum absolute atomic E-state index is 0.0647. The number of amides is 1. The van der Waals surface area contributed by atoms with Crippen LogP contribution < -0.4 is 4.74 Å². The monoisotopic (exact) mass is 353 g/mol. The molecule has 1 fully saturated rings. The topological polar surface area (TPSA) is 55.3 Å². The molecule has 26 heavy (non-hydrogen) atoms. The van der Waals surface area contributed by atoms with Gasteiger partial charge in [-0.2, -0.15) is 0 Å². The smallest absolute Gasteiger partial charge is 0.233 e. The molecule has 1 aliphatic carbocycles. The van der Waals surface area contributed by atoms with Crippen LogP contribution in [0, 0.1) is 0 Å². The Bertz CT molecular complexity index is 725. The largest absolute Gasteiger partial charge is 0.497 e. The molecule has 0 spiro atoms. The van der Waals surface area contributed by atoms with Crippen molar-refractivity contribution in [2.75, 3.05) is 14.2 Å². The molecule has 1 atom stereocenters. The van der Waals surface area contributed by atoms with Crippen LogP contribution in [0.15, 0.2) is 42.9 Å². The van der Waals surface area contributed by atoms with E-state index in [1.54, 1.807) is 25.7 Å². The minimum Gasteiger partial charge on any atom is -0.497 e. The van der Waals surface area contributed by atoms with Crippen molar-refractivity contribution >= 4 is 5.91 Å². The van der Waals surface area contributed by atoms with Crippen LogP contribution in [0.25, 0.3) is 0 Å². The first kappa shape index (κ1) is 18.4. The third kappa shape index (κ3) is 3.57. The second-order valence-corrected chi connectivity index (χ2v) is 7.18. The van der Waals surface area contributed by atoms with Gasteiger partial charge in [0.05, 0.1) is 18.2 Å². The summed E-state index contributed by atoms with van der Waals surface area (Å²) >= 11 is 0. The summed E-state index contributed by atoms with van der Waals surface area (Å²) < 4.78 is 5.27. The van der Waals surface area contributed by atoms with E-state index in [9.17, 15) is 4.79 Å². The van der Waals surface area contributed by atoms with E-state index in [0.717, 1.165) is 42.7 Å². The van der Waals surface area contributed by atoms with Crippen molar-refractivity contribution in [2.24, 2.45) is 0 Å². The lowest BCUT2D eigenvalue weighted by Gasteiger charge is -2.36. The molecule has 3 rings (SSSR count). The van der Waals surface area contributed by atoms with Crippen LogP contribution >= 0.6 is 0 Å². The van der Waals surface area contributed by atoms with Gasteiger partial charge in [-0.25, -0.2) is 0 Å². The summed E-state index contributed by atoms with van der Waals surface area (Å²) in [5.74, 6) is 1.02. The quantitative estimate of drug-likeness (QED) is 0.799. The zero-order valence-electron chi connectivity index (χ0n) is 15.8. The van der Waals surface area contributed by atoms with Gasteiger partial charge in [0.2, 0.25) is 5.91 Å². The maximum atomic E-state index is 13.5. The maximum Gasteiger partial charge on any atom is 0.233 e. The molecule has 0 unspecified atom stereocenters. The average molecular weight is 353 g/mol. The van der Waals surface area contributed by atoms with E-state index in [4.69, 9.17) is 4.74 Å². The number of carbonyl (C=O) groups is 1. The van der Waals surface area contributed by atoms with Gasteiger partial charge in [-0.05, 0) is 37.5 Å². The fourth-order valence-corrected chi connectivity index (χ4v) is 3.93. The fraction of sp³-hybridized carbons (Fsp3) is 0.476. The molecule has 1 heterocycles. The Kier molecular flexibility index (Phi) is 5.55. The van der Waals surface area contributed by atoms with E-state index < -0.39 is 5.41 Å². The summed E-state index contributed by atoms with van der Waals surface area (Å²) in [6, 6.07) is 8.05. The van der Waals surface area contributed by atoms with Gasteiger partial charge in [0.15, 0.2) is 0 Å². The first-order valence-corrected chi connectivity index (χ1v) is 9.23. The molecule has 1 aromatic carbocycles. The summed E-state index contributed by atoms with van der Waals surface area (Å²) in [5.41, 5.74) is 1.58. The van der Waals surface area contributed by atoms with Crippen LogP contribution in [0.4, 0.5) is 0 Å². The van der Waals surface area contributed by atoms with Gasteiger partial charge >= 0.3 is 0 Å². The molecule has 0 bridgehead atoms. The molecule has 0 saturated heterocycles. The Hall–Kier alpha value is -2.43. The molecule has 0 N–H and O–H groups in total. The molecule has 5 heteroatoms. The van der Waals surface area contributed by atoms with Crippen LogP contribution in [0.1, 0.15) is 43.9 Å². The molecule has 1 aliphatic rings. The van der Waals surface area contributed by atoms with Crippen LogP contribution in [-0.4, -0.2) is 41.0 Å². The van der Waals surface area contributed by atoms with Gasteiger partial charge in [-0.1, -0.05) is 25.0 Å². The van der Waals surface area contributed by atoms with Crippen LogP contribution in [0.3, 0.4) is 0 Å². The van der Waals surface area contributed by atoms with Crippen molar-refractivity contribution in [3.63, 3.8) is 0 Å². The standard InChI is InChI=1S/C21H27N3O2/c1-16(14-18-15-22-12-13-23-18)24(2)20(25)21(10-4-5-11-21)17-6-8-19(26-3)9-7-17/h6-9,12-13,15-16H,4-5,10-11,14H2,1-3H3/t16-/m0/s1. The first-order chi connectivity index (χ1) is 12.6. The van der Waals surface area contributed by atoms with Crippen LogP contribution in [-0.2, 0) is 16.6 Å². The molecule has 2 aromatic rings. The molecule has 1 aromatic heterocycles. The molecular weight excluding hydrogens is 326 g/mol. The summed E-state index contributed by atoms with van der Waals surface area (Å²) in [6.45, 7) is 2.07. The zero-order chi connectivity index (χ0) is 18.6. The minimum atomic E-state index is -0.419. The Balaban J connectivity index is 1.81. The number of ether oxygens (including phenoxy) is 1. The molecule has 138 valence electrons. The van der Waals surface area contributed by atoms with Gasteiger partial charge in [0.1, 0.15) is 5.75 Å². The van der Waals surface area contributed by atoms with Crippen molar-refractivity contribution < 1.29 is 9.53 Å². The van der Waals surface area contributed by atoms with Gasteiger partial charge in [0.25, 0.3) is 0 Å². The summed E-state index contributed by atoms with van der Waals surface area (Å²) in [7, 11) is 3.57. The van der Waals surface area contributed by atoms with Crippen molar-refractivity contribution in [3.8, 4) is 5.75 Å². The molecular formula is C21H27N3O2. The maximum absolute atomic E-state index is 13.5. The Morgan fingerprint density at radius 2 is 1.92 bits per heavy atom. The lowest BCUT2D eigenvalue weighted by atomic mass is 9.77. The van der Waals surface area contributed by atoms with E-state index in [0.29, 0.717) is 6.42 Å². The van der Waals surface area contributed by atoms with E-state index in [1.807, 2.05) is 36.2 Å². The van der Waals surface area contributed by atoms with Crippen molar-refractivity contribution in [2.45, 2.75) is 50.5 Å². The number of methoxy groups -OCH3 is 1. The first-order valence-electron chi connectivity index (χ1n) is 9.23. The molecule has 0 aliphatic heterocycles. The Labute approximate surface area is 155 Å². The third-order valence-corrected chi connectivity index (χ3v) is 5.61. The number of aromatic nitrogens is 2. The van der Waals surface area contributed by atoms with Gasteiger partial charge in [0, 0.05) is 38.1 Å². The fourth-order valence-electron chi connectivity index (χ4n) is 3.93. The number of hydrogen-bond acceptors (Lipinski definition) is 4. The lowest BCUT2D eigenvalue weighted by molar-refractivity contribution is -0.137. The zero-order valence-corrected chi connectivity index (χ0v) is 15.8. The second-order valence-electron chi connectivity index (χ2n) is 7.18. The highest BCUT2D eigenvalue weighted by atomic mass is 16.5. The van der Waals surface area contributed by atoms with Gasteiger partial charge in [-0.3, -0.25) is 14.8 Å². The highest BCUT2D eigenvalue weighted by Gasteiger charge is 2.44. The summed E-state index contributed by atoms with van der Waals surface area (Å²) in [4.78, 5) is 23.9.